The van der Waals surface area contributed by atoms with Crippen molar-refractivity contribution in [1.82, 2.24) is 15.1 Å². The van der Waals surface area contributed by atoms with Crippen LogP contribution >= 0.6 is 0 Å². The zero-order chi connectivity index (χ0) is 12.1. The number of hydrogen-bond donors (Lipinski definition) is 2. The predicted molar refractivity (Wildman–Crippen MR) is 57.1 cm³/mol. The number of carbonyl (C=O) groups excluding carboxylic acids is 1. The molecule has 1 atom stereocenters. The summed E-state index contributed by atoms with van der Waals surface area (Å²) in [5, 5.41) is 15.0. The summed E-state index contributed by atoms with van der Waals surface area (Å²) in [5.74, 6) is -1.48. The Morgan fingerprint density at radius 3 is 2.88 bits per heavy atom. The van der Waals surface area contributed by atoms with E-state index in [0.29, 0.717) is 5.56 Å². The highest BCUT2D eigenvalue weighted by Crippen LogP contribution is 1.99. The summed E-state index contributed by atoms with van der Waals surface area (Å²) in [4.78, 5) is 22.1. The van der Waals surface area contributed by atoms with Crippen LogP contribution in [0.5, 0.6) is 0 Å². The largest absolute Gasteiger partial charge is 0.480 e. The average Bonchev–Trinajstić information content (AvgIpc) is 2.66. The quantitative estimate of drug-likeness (QED) is 0.764. The lowest BCUT2D eigenvalue weighted by Crippen LogP contribution is -2.38. The molecule has 0 saturated heterocycles. The van der Waals surface area contributed by atoms with Crippen LogP contribution in [0.2, 0.25) is 0 Å². The molecular formula is C10H15N3O3. The first-order valence-corrected chi connectivity index (χ1v) is 5.10. The van der Waals surface area contributed by atoms with Gasteiger partial charge in [0.05, 0.1) is 11.8 Å². The van der Waals surface area contributed by atoms with Crippen molar-refractivity contribution in [1.29, 1.82) is 0 Å². The molecule has 1 heterocycles. The van der Waals surface area contributed by atoms with Crippen LogP contribution < -0.4 is 5.32 Å². The molecule has 0 aliphatic carbocycles. The zero-order valence-corrected chi connectivity index (χ0v) is 9.30. The van der Waals surface area contributed by atoms with E-state index in [1.807, 2.05) is 6.92 Å². The highest BCUT2D eigenvalue weighted by molar-refractivity contribution is 5.96. The molecular weight excluding hydrogens is 210 g/mol. The second kappa shape index (κ2) is 5.29. The highest BCUT2D eigenvalue weighted by atomic mass is 16.4. The minimum Gasteiger partial charge on any atom is -0.480 e. The maximum atomic E-state index is 11.5. The molecule has 88 valence electrons. The molecule has 0 spiro atoms. The van der Waals surface area contributed by atoms with Crippen molar-refractivity contribution in [2.24, 2.45) is 0 Å². The first-order chi connectivity index (χ1) is 7.54. The molecule has 0 aliphatic rings. The average molecular weight is 225 g/mol. The number of aliphatic carboxylic acids is 1. The first kappa shape index (κ1) is 12.2. The van der Waals surface area contributed by atoms with Crippen LogP contribution in [0.25, 0.3) is 0 Å². The fraction of sp³-hybridized carbons (Fsp3) is 0.500. The second-order valence-corrected chi connectivity index (χ2v) is 3.53. The van der Waals surface area contributed by atoms with E-state index in [0.717, 1.165) is 13.0 Å². The number of nitrogens with zero attached hydrogens (tertiary/aromatic N) is 2. The Bertz CT molecular complexity index is 386. The number of nitrogens with one attached hydrogen (secondary N) is 1. The van der Waals surface area contributed by atoms with Gasteiger partial charge in [0.1, 0.15) is 6.04 Å². The van der Waals surface area contributed by atoms with Gasteiger partial charge in [0.15, 0.2) is 0 Å². The minimum absolute atomic E-state index is 0.376. The summed E-state index contributed by atoms with van der Waals surface area (Å²) in [7, 11) is 0. The molecule has 0 unspecified atom stereocenters. The van der Waals surface area contributed by atoms with E-state index < -0.39 is 17.9 Å². The van der Waals surface area contributed by atoms with Gasteiger partial charge in [-0.25, -0.2) is 0 Å². The van der Waals surface area contributed by atoms with E-state index in [1.54, 1.807) is 10.9 Å². The Balaban J connectivity index is 2.62. The maximum Gasteiger partial charge on any atom is 0.325 e. The van der Waals surface area contributed by atoms with Gasteiger partial charge >= 0.3 is 5.97 Å². The fourth-order valence-electron chi connectivity index (χ4n) is 1.17. The van der Waals surface area contributed by atoms with E-state index in [-0.39, 0.29) is 0 Å². The monoisotopic (exact) mass is 225 g/mol. The van der Waals surface area contributed by atoms with Crippen LogP contribution in [-0.2, 0) is 11.3 Å². The van der Waals surface area contributed by atoms with Crippen molar-refractivity contribution in [2.45, 2.75) is 32.9 Å². The number of aromatic nitrogens is 2. The fourth-order valence-corrected chi connectivity index (χ4v) is 1.17. The molecule has 1 rings (SSSR count). The molecule has 2 N–H and O–H groups in total. The maximum absolute atomic E-state index is 11.5. The van der Waals surface area contributed by atoms with Crippen LogP contribution in [-0.4, -0.2) is 32.8 Å². The Kier molecular flexibility index (Phi) is 4.04. The Labute approximate surface area is 93.3 Å². The Morgan fingerprint density at radius 1 is 1.62 bits per heavy atom. The summed E-state index contributed by atoms with van der Waals surface area (Å²) in [6.45, 7) is 4.16. The second-order valence-electron chi connectivity index (χ2n) is 3.53. The summed E-state index contributed by atoms with van der Waals surface area (Å²) in [5.41, 5.74) is 0.376. The predicted octanol–water partition coefficient (Wildman–Crippen LogP) is 0.496. The van der Waals surface area contributed by atoms with Crippen LogP contribution in [0.15, 0.2) is 12.4 Å². The third-order valence-electron chi connectivity index (χ3n) is 2.07. The molecule has 0 aromatic carbocycles. The van der Waals surface area contributed by atoms with Gasteiger partial charge in [-0.2, -0.15) is 5.10 Å². The van der Waals surface area contributed by atoms with Crippen molar-refractivity contribution in [3.05, 3.63) is 18.0 Å². The number of carbonyl (C=O) groups is 2. The van der Waals surface area contributed by atoms with Gasteiger partial charge in [0, 0.05) is 12.7 Å². The number of carboxylic acid groups (broad SMARTS) is 1. The Hall–Kier alpha value is -1.85. The zero-order valence-electron chi connectivity index (χ0n) is 9.30. The van der Waals surface area contributed by atoms with E-state index in [4.69, 9.17) is 5.11 Å². The van der Waals surface area contributed by atoms with Crippen LogP contribution in [0.4, 0.5) is 0 Å². The number of aryl methyl sites for hydroxylation is 1. The molecule has 1 amide bonds. The van der Waals surface area contributed by atoms with Gasteiger partial charge in [-0.15, -0.1) is 0 Å². The van der Waals surface area contributed by atoms with E-state index in [1.165, 1.54) is 13.1 Å². The standard InChI is InChI=1S/C10H15N3O3/c1-3-4-13-6-8(5-11-13)9(14)12-7(2)10(15)16/h5-7H,3-4H2,1-2H3,(H,12,14)(H,15,16)/t7-/m0/s1. The lowest BCUT2D eigenvalue weighted by Gasteiger charge is -2.07. The van der Waals surface area contributed by atoms with Gasteiger partial charge in [-0.3, -0.25) is 14.3 Å². The number of carboxylic acids is 1. The molecule has 0 radical (unpaired) electrons. The molecule has 6 heteroatoms. The lowest BCUT2D eigenvalue weighted by molar-refractivity contribution is -0.138. The molecule has 0 aliphatic heterocycles. The molecule has 0 fully saturated rings. The van der Waals surface area contributed by atoms with E-state index in [9.17, 15) is 9.59 Å². The van der Waals surface area contributed by atoms with Crippen molar-refractivity contribution in [3.63, 3.8) is 0 Å². The summed E-state index contributed by atoms with van der Waals surface area (Å²) in [6.07, 6.45) is 3.96. The topological polar surface area (TPSA) is 84.2 Å². The van der Waals surface area contributed by atoms with Crippen LogP contribution in [0, 0.1) is 0 Å². The van der Waals surface area contributed by atoms with Crippen molar-refractivity contribution >= 4 is 11.9 Å². The van der Waals surface area contributed by atoms with E-state index >= 15 is 0 Å². The summed E-state index contributed by atoms with van der Waals surface area (Å²) >= 11 is 0. The third kappa shape index (κ3) is 3.08. The normalized spacial score (nSPS) is 12.1. The van der Waals surface area contributed by atoms with Gasteiger partial charge < -0.3 is 10.4 Å². The molecule has 6 nitrogen and oxygen atoms in total. The molecule has 0 saturated carbocycles. The molecule has 0 bridgehead atoms. The molecule has 16 heavy (non-hydrogen) atoms. The number of hydrogen-bond acceptors (Lipinski definition) is 3. The SMILES string of the molecule is CCCn1cc(C(=O)N[C@@H](C)C(=O)O)cn1. The lowest BCUT2D eigenvalue weighted by atomic mass is 10.3. The first-order valence-electron chi connectivity index (χ1n) is 5.10. The van der Waals surface area contributed by atoms with Gasteiger partial charge in [-0.1, -0.05) is 6.92 Å². The highest BCUT2D eigenvalue weighted by Gasteiger charge is 2.16. The Morgan fingerprint density at radius 2 is 2.31 bits per heavy atom. The van der Waals surface area contributed by atoms with E-state index in [2.05, 4.69) is 10.4 Å². The van der Waals surface area contributed by atoms with Gasteiger partial charge in [0.25, 0.3) is 5.91 Å². The van der Waals surface area contributed by atoms with Crippen molar-refractivity contribution < 1.29 is 14.7 Å². The van der Waals surface area contributed by atoms with Gasteiger partial charge in [0.2, 0.25) is 0 Å². The minimum atomic E-state index is -1.06. The summed E-state index contributed by atoms with van der Waals surface area (Å²) < 4.78 is 1.65. The smallest absolute Gasteiger partial charge is 0.325 e. The van der Waals surface area contributed by atoms with Gasteiger partial charge in [-0.05, 0) is 13.3 Å². The third-order valence-corrected chi connectivity index (χ3v) is 2.07. The number of amides is 1. The summed E-state index contributed by atoms with van der Waals surface area (Å²) in [6, 6.07) is -0.901. The molecule has 1 aromatic heterocycles. The van der Waals surface area contributed by atoms with Crippen molar-refractivity contribution in [2.75, 3.05) is 0 Å². The van der Waals surface area contributed by atoms with Crippen LogP contribution in [0.1, 0.15) is 30.6 Å². The van der Waals surface area contributed by atoms with Crippen molar-refractivity contribution in [3.8, 4) is 0 Å². The van der Waals surface area contributed by atoms with Crippen LogP contribution in [0.3, 0.4) is 0 Å². The molecule has 1 aromatic rings. The number of rotatable bonds is 5.